The van der Waals surface area contributed by atoms with Crippen LogP contribution in [-0.2, 0) is 23.9 Å². The molecule has 1 aliphatic heterocycles. The Bertz CT molecular complexity index is 631. The molecule has 5 heteroatoms. The first-order chi connectivity index (χ1) is 10.1. The fraction of sp³-hybridized carbons (Fsp3) is 0.312. The average molecular weight is 286 g/mol. The number of cyclic esters (lactones) is 2. The van der Waals surface area contributed by atoms with E-state index in [1.54, 1.807) is 6.08 Å². The molecular weight excluding hydrogens is 272 g/mol. The van der Waals surface area contributed by atoms with Gasteiger partial charge >= 0.3 is 17.9 Å². The van der Waals surface area contributed by atoms with Crippen LogP contribution < -0.4 is 0 Å². The molecule has 0 N–H and O–H groups in total. The molecule has 1 saturated heterocycles. The second-order valence-electron chi connectivity index (χ2n) is 5.20. The number of carbonyl (C=O) groups is 3. The minimum absolute atomic E-state index is 0.283. The van der Waals surface area contributed by atoms with Gasteiger partial charge in [-0.05, 0) is 17.2 Å². The summed E-state index contributed by atoms with van der Waals surface area (Å²) >= 11 is 0. The van der Waals surface area contributed by atoms with E-state index in [1.165, 1.54) is 6.92 Å². The average Bonchev–Trinajstić information content (AvgIpc) is 2.73. The third kappa shape index (κ3) is 2.46. The van der Waals surface area contributed by atoms with E-state index in [1.807, 2.05) is 30.3 Å². The first-order valence-corrected chi connectivity index (χ1v) is 6.76. The van der Waals surface area contributed by atoms with Crippen LogP contribution in [0.4, 0.5) is 0 Å². The smallest absolute Gasteiger partial charge is 0.321 e. The highest BCUT2D eigenvalue weighted by Gasteiger charge is 2.50. The minimum atomic E-state index is -0.605. The van der Waals surface area contributed by atoms with Crippen LogP contribution in [0.2, 0.25) is 0 Å². The highest BCUT2D eigenvalue weighted by atomic mass is 16.6. The summed E-state index contributed by atoms with van der Waals surface area (Å²) in [6.07, 6.45) is 1.51. The SMILES string of the molecule is CC(=O)OC1C=C(c2ccccc2)C2C(=O)OC(=O)C2C1. The predicted octanol–water partition coefficient (Wildman–Crippen LogP) is 1.72. The third-order valence-electron chi connectivity index (χ3n) is 3.77. The van der Waals surface area contributed by atoms with E-state index in [2.05, 4.69) is 0 Å². The van der Waals surface area contributed by atoms with Gasteiger partial charge in [0, 0.05) is 13.3 Å². The summed E-state index contributed by atoms with van der Waals surface area (Å²) in [5.41, 5.74) is 1.52. The Balaban J connectivity index is 2.03. The van der Waals surface area contributed by atoms with Crippen molar-refractivity contribution in [2.45, 2.75) is 19.4 Å². The summed E-state index contributed by atoms with van der Waals surface area (Å²) in [4.78, 5) is 34.9. The van der Waals surface area contributed by atoms with Gasteiger partial charge in [-0.1, -0.05) is 30.3 Å². The lowest BCUT2D eigenvalue weighted by molar-refractivity contribution is -0.154. The van der Waals surface area contributed by atoms with Crippen LogP contribution in [0, 0.1) is 11.8 Å². The summed E-state index contributed by atoms with van der Waals surface area (Å²) in [6, 6.07) is 9.28. The van der Waals surface area contributed by atoms with Crippen molar-refractivity contribution in [3.8, 4) is 0 Å². The van der Waals surface area contributed by atoms with Gasteiger partial charge in [-0.2, -0.15) is 0 Å². The molecule has 0 spiro atoms. The Morgan fingerprint density at radius 3 is 2.57 bits per heavy atom. The number of benzene rings is 1. The molecule has 3 rings (SSSR count). The van der Waals surface area contributed by atoms with Crippen molar-refractivity contribution in [2.75, 3.05) is 0 Å². The number of ether oxygens (including phenoxy) is 2. The topological polar surface area (TPSA) is 69.7 Å². The molecule has 5 nitrogen and oxygen atoms in total. The van der Waals surface area contributed by atoms with E-state index >= 15 is 0 Å². The maximum Gasteiger partial charge on any atom is 0.321 e. The zero-order chi connectivity index (χ0) is 15.0. The number of carbonyl (C=O) groups excluding carboxylic acids is 3. The molecule has 1 fully saturated rings. The highest BCUT2D eigenvalue weighted by molar-refractivity contribution is 6.04. The Labute approximate surface area is 121 Å². The van der Waals surface area contributed by atoms with Crippen LogP contribution in [0.3, 0.4) is 0 Å². The van der Waals surface area contributed by atoms with Crippen LogP contribution in [0.25, 0.3) is 5.57 Å². The molecule has 0 amide bonds. The standard InChI is InChI=1S/C16H14O5/c1-9(17)20-11-7-12(10-5-3-2-4-6-10)14-13(8-11)15(18)21-16(14)19/h2-7,11,13-14H,8H2,1H3. The summed E-state index contributed by atoms with van der Waals surface area (Å²) in [6.45, 7) is 1.32. The molecule has 0 saturated carbocycles. The molecule has 0 bridgehead atoms. The molecule has 0 aromatic heterocycles. The first kappa shape index (κ1) is 13.5. The molecule has 1 aromatic rings. The minimum Gasteiger partial charge on any atom is -0.458 e. The summed E-state index contributed by atoms with van der Waals surface area (Å²) in [7, 11) is 0. The molecule has 1 aliphatic carbocycles. The molecule has 108 valence electrons. The fourth-order valence-electron chi connectivity index (χ4n) is 2.94. The van der Waals surface area contributed by atoms with Gasteiger partial charge in [0.25, 0.3) is 0 Å². The number of rotatable bonds is 2. The normalized spacial score (nSPS) is 27.7. The monoisotopic (exact) mass is 286 g/mol. The maximum atomic E-state index is 11.9. The van der Waals surface area contributed by atoms with Crippen molar-refractivity contribution < 1.29 is 23.9 Å². The van der Waals surface area contributed by atoms with Crippen molar-refractivity contribution in [3.05, 3.63) is 42.0 Å². The summed E-state index contributed by atoms with van der Waals surface area (Å²) < 4.78 is 9.95. The van der Waals surface area contributed by atoms with Crippen LogP contribution in [0.15, 0.2) is 36.4 Å². The van der Waals surface area contributed by atoms with Gasteiger partial charge in [-0.25, -0.2) is 0 Å². The largest absolute Gasteiger partial charge is 0.458 e. The molecule has 3 atom stereocenters. The molecule has 21 heavy (non-hydrogen) atoms. The lowest BCUT2D eigenvalue weighted by Gasteiger charge is -2.27. The second-order valence-corrected chi connectivity index (χ2v) is 5.20. The van der Waals surface area contributed by atoms with Crippen LogP contribution >= 0.6 is 0 Å². The lowest BCUT2D eigenvalue weighted by Crippen LogP contribution is -2.31. The van der Waals surface area contributed by atoms with Gasteiger partial charge < -0.3 is 9.47 Å². The quantitative estimate of drug-likeness (QED) is 0.611. The third-order valence-corrected chi connectivity index (χ3v) is 3.77. The first-order valence-electron chi connectivity index (χ1n) is 6.76. The van der Waals surface area contributed by atoms with Gasteiger partial charge in [0.15, 0.2) is 0 Å². The zero-order valence-corrected chi connectivity index (χ0v) is 11.4. The van der Waals surface area contributed by atoms with E-state index in [4.69, 9.17) is 9.47 Å². The van der Waals surface area contributed by atoms with Crippen LogP contribution in [0.5, 0.6) is 0 Å². The van der Waals surface area contributed by atoms with Crippen molar-refractivity contribution >= 4 is 23.5 Å². The molecule has 2 aliphatic rings. The van der Waals surface area contributed by atoms with Crippen molar-refractivity contribution in [1.82, 2.24) is 0 Å². The second kappa shape index (κ2) is 5.16. The number of hydrogen-bond acceptors (Lipinski definition) is 5. The van der Waals surface area contributed by atoms with Gasteiger partial charge in [0.05, 0.1) is 11.8 Å². The van der Waals surface area contributed by atoms with E-state index in [0.717, 1.165) is 5.56 Å². The Morgan fingerprint density at radius 2 is 1.90 bits per heavy atom. The summed E-state index contributed by atoms with van der Waals surface area (Å²) in [5.74, 6) is -2.67. The molecule has 1 heterocycles. The molecule has 1 aromatic carbocycles. The zero-order valence-electron chi connectivity index (χ0n) is 11.4. The molecular formula is C16H14O5. The highest BCUT2D eigenvalue weighted by Crippen LogP contribution is 2.42. The van der Waals surface area contributed by atoms with Crippen molar-refractivity contribution in [2.24, 2.45) is 11.8 Å². The number of esters is 3. The van der Waals surface area contributed by atoms with Gasteiger partial charge in [-0.15, -0.1) is 0 Å². The fourth-order valence-corrected chi connectivity index (χ4v) is 2.94. The maximum absolute atomic E-state index is 11.9. The molecule has 3 unspecified atom stereocenters. The van der Waals surface area contributed by atoms with Crippen LogP contribution in [0.1, 0.15) is 18.9 Å². The van der Waals surface area contributed by atoms with E-state index in [9.17, 15) is 14.4 Å². The predicted molar refractivity (Wildman–Crippen MR) is 72.7 cm³/mol. The summed E-state index contributed by atoms with van der Waals surface area (Å²) in [5, 5.41) is 0. The Morgan fingerprint density at radius 1 is 1.19 bits per heavy atom. The lowest BCUT2D eigenvalue weighted by atomic mass is 9.76. The van der Waals surface area contributed by atoms with E-state index < -0.39 is 35.8 Å². The number of fused-ring (bicyclic) bond motifs is 1. The van der Waals surface area contributed by atoms with Gasteiger partial charge in [0.2, 0.25) is 0 Å². The van der Waals surface area contributed by atoms with E-state index in [0.29, 0.717) is 5.57 Å². The van der Waals surface area contributed by atoms with Gasteiger partial charge in [-0.3, -0.25) is 14.4 Å². The van der Waals surface area contributed by atoms with E-state index in [-0.39, 0.29) is 6.42 Å². The number of hydrogen-bond donors (Lipinski definition) is 0. The Kier molecular flexibility index (Phi) is 3.33. The van der Waals surface area contributed by atoms with Gasteiger partial charge in [0.1, 0.15) is 6.10 Å². The van der Waals surface area contributed by atoms with Crippen molar-refractivity contribution in [3.63, 3.8) is 0 Å². The Hall–Kier alpha value is -2.43. The van der Waals surface area contributed by atoms with Crippen molar-refractivity contribution in [1.29, 1.82) is 0 Å². The molecule has 0 radical (unpaired) electrons. The van der Waals surface area contributed by atoms with Crippen LogP contribution in [-0.4, -0.2) is 24.0 Å².